The first-order valence-corrected chi connectivity index (χ1v) is 6.58. The minimum Gasteiger partial charge on any atom is -0.486 e. The number of nitro benzene ring substituents is 1. The van der Waals surface area contributed by atoms with Crippen LogP contribution in [0.5, 0.6) is 5.75 Å². The molecule has 0 saturated carbocycles. The Hall–Kier alpha value is -2.08. The number of ether oxygens (including phenoxy) is 1. The van der Waals surface area contributed by atoms with Crippen LogP contribution in [-0.2, 0) is 19.3 Å². The maximum atomic E-state index is 10.9. The summed E-state index contributed by atoms with van der Waals surface area (Å²) in [6, 6.07) is 6.53. The highest BCUT2D eigenvalue weighted by atomic mass is 35.5. The first kappa shape index (κ1) is 14.3. The molecule has 0 atom stereocenters. The summed E-state index contributed by atoms with van der Waals surface area (Å²) in [4.78, 5) is 10.5. The van der Waals surface area contributed by atoms with Gasteiger partial charge in [0, 0.05) is 37.3 Å². The van der Waals surface area contributed by atoms with E-state index in [0.29, 0.717) is 13.0 Å². The Morgan fingerprint density at radius 2 is 2.25 bits per heavy atom. The quantitative estimate of drug-likeness (QED) is 0.467. The summed E-state index contributed by atoms with van der Waals surface area (Å²) in [7, 11) is 1.84. The normalized spacial score (nSPS) is 10.5. The molecule has 0 N–H and O–H groups in total. The van der Waals surface area contributed by atoms with Gasteiger partial charge >= 0.3 is 5.69 Å². The van der Waals surface area contributed by atoms with Crippen LogP contribution in [0.25, 0.3) is 0 Å². The second-order valence-electron chi connectivity index (χ2n) is 4.24. The summed E-state index contributed by atoms with van der Waals surface area (Å²) >= 11 is 5.73. The van der Waals surface area contributed by atoms with Gasteiger partial charge in [-0.2, -0.15) is 5.10 Å². The van der Waals surface area contributed by atoms with Gasteiger partial charge in [-0.1, -0.05) is 6.07 Å². The number of rotatable bonds is 6. The number of alkyl halides is 1. The molecule has 0 unspecified atom stereocenters. The van der Waals surface area contributed by atoms with Gasteiger partial charge < -0.3 is 4.74 Å². The molecule has 2 aromatic rings. The molecular weight excluding hydrogens is 282 g/mol. The number of hydrogen-bond donors (Lipinski definition) is 0. The summed E-state index contributed by atoms with van der Waals surface area (Å²) in [5.74, 6) is 0.533. The molecule has 0 aliphatic heterocycles. The summed E-state index contributed by atoms with van der Waals surface area (Å²) in [5, 5.41) is 15.0. The molecule has 1 heterocycles. The van der Waals surface area contributed by atoms with Crippen molar-refractivity contribution in [3.05, 3.63) is 51.8 Å². The van der Waals surface area contributed by atoms with Crippen molar-refractivity contribution in [3.8, 4) is 5.75 Å². The fraction of sp³-hybridized carbons (Fsp3) is 0.308. The molecule has 0 bridgehead atoms. The smallest absolute Gasteiger partial charge is 0.310 e. The molecule has 0 radical (unpaired) electrons. The molecule has 7 heteroatoms. The topological polar surface area (TPSA) is 70.2 Å². The maximum Gasteiger partial charge on any atom is 0.310 e. The Morgan fingerprint density at radius 3 is 2.85 bits per heavy atom. The number of halogens is 1. The molecule has 1 aromatic heterocycles. The monoisotopic (exact) mass is 295 g/mol. The van der Waals surface area contributed by atoms with Crippen molar-refractivity contribution in [3.63, 3.8) is 0 Å². The second kappa shape index (κ2) is 6.38. The van der Waals surface area contributed by atoms with E-state index in [0.717, 1.165) is 11.3 Å². The van der Waals surface area contributed by atoms with Gasteiger partial charge in [0.2, 0.25) is 0 Å². The van der Waals surface area contributed by atoms with E-state index in [9.17, 15) is 10.1 Å². The lowest BCUT2D eigenvalue weighted by Gasteiger charge is -2.08. The molecule has 0 amide bonds. The van der Waals surface area contributed by atoms with E-state index in [-0.39, 0.29) is 17.3 Å². The van der Waals surface area contributed by atoms with Crippen molar-refractivity contribution in [1.29, 1.82) is 0 Å². The number of aromatic nitrogens is 2. The molecule has 0 aliphatic rings. The first-order chi connectivity index (χ1) is 9.61. The Balaban J connectivity index is 2.07. The van der Waals surface area contributed by atoms with Crippen molar-refractivity contribution in [1.82, 2.24) is 9.78 Å². The number of nitro groups is 1. The van der Waals surface area contributed by atoms with Crippen LogP contribution in [0.15, 0.2) is 30.5 Å². The fourth-order valence-electron chi connectivity index (χ4n) is 1.82. The first-order valence-electron chi connectivity index (χ1n) is 6.04. The number of nitrogens with zero attached hydrogens (tertiary/aromatic N) is 3. The van der Waals surface area contributed by atoms with E-state index >= 15 is 0 Å². The Bertz CT molecular complexity index is 613. The zero-order valence-corrected chi connectivity index (χ0v) is 11.7. The maximum absolute atomic E-state index is 10.9. The molecule has 0 aliphatic carbocycles. The summed E-state index contributed by atoms with van der Waals surface area (Å²) in [6.07, 6.45) is 2.32. The Labute approximate surface area is 121 Å². The van der Waals surface area contributed by atoms with Crippen LogP contribution in [0.4, 0.5) is 5.69 Å². The average Bonchev–Trinajstić information content (AvgIpc) is 2.84. The molecule has 106 valence electrons. The third-order valence-electron chi connectivity index (χ3n) is 2.91. The molecular formula is C13H14ClN3O3. The van der Waals surface area contributed by atoms with Crippen LogP contribution in [0.3, 0.4) is 0 Å². The zero-order chi connectivity index (χ0) is 14.5. The van der Waals surface area contributed by atoms with E-state index < -0.39 is 4.92 Å². The molecule has 0 spiro atoms. The van der Waals surface area contributed by atoms with E-state index in [4.69, 9.17) is 16.3 Å². The predicted molar refractivity (Wildman–Crippen MR) is 75.1 cm³/mol. The van der Waals surface area contributed by atoms with Gasteiger partial charge in [0.25, 0.3) is 0 Å². The molecule has 2 rings (SSSR count). The van der Waals surface area contributed by atoms with Crippen LogP contribution in [-0.4, -0.2) is 21.3 Å². The van der Waals surface area contributed by atoms with Gasteiger partial charge in [0.05, 0.1) is 11.5 Å². The van der Waals surface area contributed by atoms with Gasteiger partial charge in [-0.25, -0.2) is 0 Å². The van der Waals surface area contributed by atoms with Gasteiger partial charge in [-0.05, 0) is 17.7 Å². The second-order valence-corrected chi connectivity index (χ2v) is 4.50. The lowest BCUT2D eigenvalue weighted by molar-refractivity contribution is -0.385. The third-order valence-corrected chi connectivity index (χ3v) is 3.22. The average molecular weight is 296 g/mol. The Kier molecular flexibility index (Phi) is 4.57. The SMILES string of the molecule is Cn1nccc1CCOc1cc(CCl)ccc1[N+](=O)[O-]. The molecule has 6 nitrogen and oxygen atoms in total. The van der Waals surface area contributed by atoms with Crippen LogP contribution < -0.4 is 4.74 Å². The molecule has 1 aromatic carbocycles. The van der Waals surface area contributed by atoms with E-state index in [1.807, 2.05) is 13.1 Å². The highest BCUT2D eigenvalue weighted by Gasteiger charge is 2.15. The highest BCUT2D eigenvalue weighted by molar-refractivity contribution is 6.17. The highest BCUT2D eigenvalue weighted by Crippen LogP contribution is 2.28. The summed E-state index contributed by atoms with van der Waals surface area (Å²) < 4.78 is 7.27. The van der Waals surface area contributed by atoms with Gasteiger partial charge in [-0.15, -0.1) is 11.6 Å². The van der Waals surface area contributed by atoms with Crippen molar-refractivity contribution in [2.75, 3.05) is 6.61 Å². The molecule has 20 heavy (non-hydrogen) atoms. The standard InChI is InChI=1S/C13H14ClN3O3/c1-16-11(4-6-15-16)5-7-20-13-8-10(9-14)2-3-12(13)17(18)19/h2-4,6,8H,5,7,9H2,1H3. The van der Waals surface area contributed by atoms with Crippen molar-refractivity contribution >= 4 is 17.3 Å². The molecule has 0 saturated heterocycles. The van der Waals surface area contributed by atoms with Crippen LogP contribution >= 0.6 is 11.6 Å². The lowest BCUT2D eigenvalue weighted by atomic mass is 10.2. The van der Waals surface area contributed by atoms with Crippen molar-refractivity contribution < 1.29 is 9.66 Å². The Morgan fingerprint density at radius 1 is 1.45 bits per heavy atom. The van der Waals surface area contributed by atoms with E-state index in [1.165, 1.54) is 6.07 Å². The summed E-state index contributed by atoms with van der Waals surface area (Å²) in [6.45, 7) is 0.339. The number of benzene rings is 1. The van der Waals surface area contributed by atoms with Crippen molar-refractivity contribution in [2.24, 2.45) is 7.05 Å². The summed E-state index contributed by atoms with van der Waals surface area (Å²) in [5.41, 5.74) is 1.73. The predicted octanol–water partition coefficient (Wildman–Crippen LogP) is 2.69. The van der Waals surface area contributed by atoms with Gasteiger partial charge in [0.15, 0.2) is 5.75 Å². The van der Waals surface area contributed by atoms with Crippen LogP contribution in [0, 0.1) is 10.1 Å². The largest absolute Gasteiger partial charge is 0.486 e. The van der Waals surface area contributed by atoms with Crippen LogP contribution in [0.2, 0.25) is 0 Å². The number of aryl methyl sites for hydroxylation is 1. The van der Waals surface area contributed by atoms with E-state index in [1.54, 1.807) is 23.0 Å². The van der Waals surface area contributed by atoms with E-state index in [2.05, 4.69) is 5.10 Å². The van der Waals surface area contributed by atoms with Gasteiger partial charge in [-0.3, -0.25) is 14.8 Å². The fourth-order valence-corrected chi connectivity index (χ4v) is 1.99. The van der Waals surface area contributed by atoms with Gasteiger partial charge in [0.1, 0.15) is 0 Å². The zero-order valence-electron chi connectivity index (χ0n) is 11.0. The minimum absolute atomic E-state index is 0.0520. The van der Waals surface area contributed by atoms with Crippen LogP contribution in [0.1, 0.15) is 11.3 Å². The molecule has 0 fully saturated rings. The third kappa shape index (κ3) is 3.27. The number of hydrogen-bond acceptors (Lipinski definition) is 4. The lowest BCUT2D eigenvalue weighted by Crippen LogP contribution is -2.07. The van der Waals surface area contributed by atoms with Crippen molar-refractivity contribution in [2.45, 2.75) is 12.3 Å². The minimum atomic E-state index is -0.461.